The minimum absolute atomic E-state index is 0.622. The average Bonchev–Trinajstić information content (AvgIpc) is 2.58. The highest BCUT2D eigenvalue weighted by Crippen LogP contribution is 2.21. The van der Waals surface area contributed by atoms with Gasteiger partial charge in [0.2, 0.25) is 0 Å². The van der Waals surface area contributed by atoms with E-state index in [1.54, 1.807) is 6.20 Å². The van der Waals surface area contributed by atoms with E-state index in [1.165, 1.54) is 0 Å². The fraction of sp³-hybridized carbons (Fsp3) is 0.462. The summed E-state index contributed by atoms with van der Waals surface area (Å²) < 4.78 is 0. The molecule has 0 radical (unpaired) electrons. The van der Waals surface area contributed by atoms with Gasteiger partial charge in [0.05, 0.1) is 17.3 Å². The molecule has 1 atom stereocenters. The molecule has 3 heteroatoms. The van der Waals surface area contributed by atoms with Crippen molar-refractivity contribution >= 4 is 10.9 Å². The molecule has 0 aliphatic heterocycles. The fourth-order valence-electron chi connectivity index (χ4n) is 2.16. The van der Waals surface area contributed by atoms with E-state index in [0.29, 0.717) is 6.42 Å². The van der Waals surface area contributed by atoms with Crippen LogP contribution < -0.4 is 0 Å². The maximum absolute atomic E-state index is 10.2. The summed E-state index contributed by atoms with van der Waals surface area (Å²) in [6.45, 7) is 3.98. The Balaban J connectivity index is 2.21. The summed E-state index contributed by atoms with van der Waals surface area (Å²) >= 11 is 0. The monoisotopic (exact) mass is 218 g/mol. The van der Waals surface area contributed by atoms with Crippen molar-refractivity contribution in [1.29, 1.82) is 0 Å². The molecule has 3 nitrogen and oxygen atoms in total. The lowest BCUT2D eigenvalue weighted by molar-refractivity contribution is 0.0498. The van der Waals surface area contributed by atoms with Gasteiger partial charge in [-0.3, -0.25) is 4.98 Å². The second-order valence-corrected chi connectivity index (χ2v) is 4.68. The lowest BCUT2D eigenvalue weighted by atomic mass is 9.95. The fourth-order valence-corrected chi connectivity index (χ4v) is 2.16. The lowest BCUT2D eigenvalue weighted by Gasteiger charge is -2.21. The summed E-state index contributed by atoms with van der Waals surface area (Å²) in [6, 6.07) is 4.06. The molecule has 2 heterocycles. The van der Waals surface area contributed by atoms with Gasteiger partial charge in [0.25, 0.3) is 0 Å². The summed E-state index contributed by atoms with van der Waals surface area (Å²) in [7, 11) is 0. The Kier molecular flexibility index (Phi) is 2.97. The normalized spacial score (nSPS) is 15.2. The number of rotatable bonds is 4. The van der Waals surface area contributed by atoms with Crippen molar-refractivity contribution in [2.45, 2.75) is 38.7 Å². The van der Waals surface area contributed by atoms with Crippen LogP contribution in [0.5, 0.6) is 0 Å². The van der Waals surface area contributed by atoms with Crippen LogP contribution in [0.4, 0.5) is 0 Å². The van der Waals surface area contributed by atoms with Crippen LogP contribution in [0.3, 0.4) is 0 Å². The zero-order valence-corrected chi connectivity index (χ0v) is 9.83. The Morgan fingerprint density at radius 3 is 3.00 bits per heavy atom. The molecule has 2 aromatic rings. The molecule has 2 aromatic heterocycles. The molecule has 0 amide bonds. The van der Waals surface area contributed by atoms with Gasteiger partial charge in [0.1, 0.15) is 0 Å². The van der Waals surface area contributed by atoms with E-state index in [-0.39, 0.29) is 0 Å². The van der Waals surface area contributed by atoms with Gasteiger partial charge in [0.15, 0.2) is 0 Å². The molecule has 86 valence electrons. The minimum atomic E-state index is -0.622. The van der Waals surface area contributed by atoms with Gasteiger partial charge in [-0.2, -0.15) is 0 Å². The average molecular weight is 218 g/mol. The number of aromatic nitrogens is 2. The summed E-state index contributed by atoms with van der Waals surface area (Å²) in [5.74, 6) is 0. The van der Waals surface area contributed by atoms with Crippen LogP contribution in [0, 0.1) is 0 Å². The summed E-state index contributed by atoms with van der Waals surface area (Å²) in [6.07, 6.45) is 6.07. The van der Waals surface area contributed by atoms with Crippen LogP contribution in [-0.4, -0.2) is 20.7 Å². The first kappa shape index (κ1) is 11.1. The van der Waals surface area contributed by atoms with Gasteiger partial charge < -0.3 is 10.1 Å². The highest BCUT2D eigenvalue weighted by Gasteiger charge is 2.20. The molecule has 0 saturated carbocycles. The predicted molar refractivity (Wildman–Crippen MR) is 65.3 cm³/mol. The molecule has 0 bridgehead atoms. The number of hydrogen-bond donors (Lipinski definition) is 2. The standard InChI is InChI=1S/C13H18N2O/c1-3-5-13(2,16)8-11-7-10-4-6-14-9-12(10)15-11/h4,6-7,9,15-16H,3,5,8H2,1-2H3. The van der Waals surface area contributed by atoms with Gasteiger partial charge in [0, 0.05) is 23.7 Å². The summed E-state index contributed by atoms with van der Waals surface area (Å²) in [4.78, 5) is 7.35. The van der Waals surface area contributed by atoms with Gasteiger partial charge in [-0.1, -0.05) is 13.3 Å². The van der Waals surface area contributed by atoms with Crippen molar-refractivity contribution in [3.63, 3.8) is 0 Å². The van der Waals surface area contributed by atoms with Crippen molar-refractivity contribution in [3.8, 4) is 0 Å². The smallest absolute Gasteiger partial charge is 0.0674 e. The lowest BCUT2D eigenvalue weighted by Crippen LogP contribution is -2.26. The summed E-state index contributed by atoms with van der Waals surface area (Å²) in [5, 5.41) is 11.3. The number of aromatic amines is 1. The zero-order valence-electron chi connectivity index (χ0n) is 9.83. The highest BCUT2D eigenvalue weighted by atomic mass is 16.3. The van der Waals surface area contributed by atoms with E-state index in [1.807, 2.05) is 19.2 Å². The Morgan fingerprint density at radius 2 is 2.31 bits per heavy atom. The van der Waals surface area contributed by atoms with Crippen LogP contribution >= 0.6 is 0 Å². The summed E-state index contributed by atoms with van der Waals surface area (Å²) in [5.41, 5.74) is 1.48. The highest BCUT2D eigenvalue weighted by molar-refractivity contribution is 5.79. The second-order valence-electron chi connectivity index (χ2n) is 4.68. The van der Waals surface area contributed by atoms with E-state index in [4.69, 9.17) is 0 Å². The Morgan fingerprint density at radius 1 is 1.50 bits per heavy atom. The molecule has 0 fully saturated rings. The number of pyridine rings is 1. The quantitative estimate of drug-likeness (QED) is 0.828. The van der Waals surface area contributed by atoms with Crippen LogP contribution in [-0.2, 0) is 6.42 Å². The van der Waals surface area contributed by atoms with Crippen molar-refractivity contribution in [3.05, 3.63) is 30.2 Å². The van der Waals surface area contributed by atoms with E-state index < -0.39 is 5.60 Å². The molecular weight excluding hydrogens is 200 g/mol. The molecule has 2 N–H and O–H groups in total. The van der Waals surface area contributed by atoms with Crippen molar-refractivity contribution in [2.75, 3.05) is 0 Å². The van der Waals surface area contributed by atoms with Gasteiger partial charge in [-0.05, 0) is 25.5 Å². The van der Waals surface area contributed by atoms with E-state index in [9.17, 15) is 5.11 Å². The molecule has 0 aliphatic carbocycles. The largest absolute Gasteiger partial charge is 0.390 e. The predicted octanol–water partition coefficient (Wildman–Crippen LogP) is 2.66. The van der Waals surface area contributed by atoms with Gasteiger partial charge >= 0.3 is 0 Å². The third kappa shape index (κ3) is 2.42. The van der Waals surface area contributed by atoms with E-state index >= 15 is 0 Å². The van der Waals surface area contributed by atoms with Crippen molar-refractivity contribution in [2.24, 2.45) is 0 Å². The molecule has 16 heavy (non-hydrogen) atoms. The first-order chi connectivity index (χ1) is 7.61. The van der Waals surface area contributed by atoms with Crippen molar-refractivity contribution < 1.29 is 5.11 Å². The number of fused-ring (bicyclic) bond motifs is 1. The second kappa shape index (κ2) is 4.26. The van der Waals surface area contributed by atoms with Gasteiger partial charge in [-0.25, -0.2) is 0 Å². The van der Waals surface area contributed by atoms with Gasteiger partial charge in [-0.15, -0.1) is 0 Å². The minimum Gasteiger partial charge on any atom is -0.390 e. The number of hydrogen-bond acceptors (Lipinski definition) is 2. The SMILES string of the molecule is CCCC(C)(O)Cc1cc2ccncc2[nH]1. The van der Waals surface area contributed by atoms with Crippen LogP contribution in [0.2, 0.25) is 0 Å². The topological polar surface area (TPSA) is 48.9 Å². The third-order valence-electron chi connectivity index (χ3n) is 2.84. The molecule has 0 aromatic carbocycles. The first-order valence-corrected chi connectivity index (χ1v) is 5.75. The third-order valence-corrected chi connectivity index (χ3v) is 2.84. The maximum Gasteiger partial charge on any atom is 0.0674 e. The van der Waals surface area contributed by atoms with Crippen molar-refractivity contribution in [1.82, 2.24) is 9.97 Å². The van der Waals surface area contributed by atoms with Crippen LogP contribution in [0.25, 0.3) is 10.9 Å². The Hall–Kier alpha value is -1.35. The van der Waals surface area contributed by atoms with Crippen LogP contribution in [0.1, 0.15) is 32.4 Å². The number of nitrogens with zero attached hydrogens (tertiary/aromatic N) is 1. The maximum atomic E-state index is 10.2. The first-order valence-electron chi connectivity index (χ1n) is 5.75. The van der Waals surface area contributed by atoms with Crippen LogP contribution in [0.15, 0.2) is 24.5 Å². The molecule has 2 rings (SSSR count). The Labute approximate surface area is 95.5 Å². The molecule has 0 saturated heterocycles. The van der Waals surface area contributed by atoms with E-state index in [0.717, 1.165) is 29.4 Å². The number of aliphatic hydroxyl groups is 1. The number of nitrogens with one attached hydrogen (secondary N) is 1. The molecule has 0 aliphatic rings. The Bertz CT molecular complexity index is 440. The molecule has 1 unspecified atom stereocenters. The number of H-pyrrole nitrogens is 1. The molecule has 0 spiro atoms. The molecular formula is C13H18N2O. The van der Waals surface area contributed by atoms with E-state index in [2.05, 4.69) is 23.0 Å². The zero-order chi connectivity index (χ0) is 11.6.